The van der Waals surface area contributed by atoms with Crippen molar-refractivity contribution in [3.8, 4) is 11.5 Å². The van der Waals surface area contributed by atoms with E-state index in [2.05, 4.69) is 20.3 Å². The van der Waals surface area contributed by atoms with Crippen molar-refractivity contribution in [2.45, 2.75) is 44.7 Å². The van der Waals surface area contributed by atoms with Crippen LogP contribution in [0.4, 0.5) is 0 Å². The molecule has 0 aliphatic heterocycles. The van der Waals surface area contributed by atoms with Gasteiger partial charge in [-0.2, -0.15) is 0 Å². The molecule has 4 rings (SSSR count). The van der Waals surface area contributed by atoms with Crippen LogP contribution in [0.3, 0.4) is 0 Å². The lowest BCUT2D eigenvalue weighted by Crippen LogP contribution is -2.30. The molecule has 1 aliphatic rings. The lowest BCUT2D eigenvalue weighted by atomic mass is 9.96. The van der Waals surface area contributed by atoms with Gasteiger partial charge in [-0.25, -0.2) is 9.97 Å². The smallest absolute Gasteiger partial charge is 0.250 e. The van der Waals surface area contributed by atoms with Gasteiger partial charge in [0.05, 0.1) is 11.1 Å². The minimum absolute atomic E-state index is 0.425. The zero-order valence-electron chi connectivity index (χ0n) is 13.9. The second kappa shape index (κ2) is 6.93. The summed E-state index contributed by atoms with van der Waals surface area (Å²) in [4.78, 5) is 24.0. The first kappa shape index (κ1) is 16.2. The average Bonchev–Trinajstić information content (AvgIpc) is 3.27. The van der Waals surface area contributed by atoms with Crippen molar-refractivity contribution in [1.29, 1.82) is 0 Å². The van der Waals surface area contributed by atoms with E-state index in [1.54, 1.807) is 23.5 Å². The lowest BCUT2D eigenvalue weighted by Gasteiger charge is -2.22. The molecule has 0 unspecified atom stereocenters. The number of nitrogens with two attached hydrogens (primary N) is 1. The van der Waals surface area contributed by atoms with Crippen LogP contribution in [0.25, 0.3) is 22.6 Å². The van der Waals surface area contributed by atoms with Gasteiger partial charge < -0.3 is 16.0 Å². The zero-order valence-corrected chi connectivity index (χ0v) is 14.7. The molecule has 2 heterocycles. The van der Waals surface area contributed by atoms with Crippen LogP contribution in [0.5, 0.6) is 0 Å². The molecule has 4 N–H and O–H groups in total. The fourth-order valence-corrected chi connectivity index (χ4v) is 4.12. The zero-order chi connectivity index (χ0) is 17.2. The van der Waals surface area contributed by atoms with E-state index >= 15 is 0 Å². The Morgan fingerprint density at radius 2 is 2.12 bits per heavy atom. The Labute approximate surface area is 149 Å². The summed E-state index contributed by atoms with van der Waals surface area (Å²) in [6.45, 7) is 0.794. The molecular formula is C18H21N5OS. The van der Waals surface area contributed by atoms with Crippen molar-refractivity contribution < 1.29 is 4.79 Å². The summed E-state index contributed by atoms with van der Waals surface area (Å²) < 4.78 is 0. The molecule has 0 bridgehead atoms. The Hall–Kier alpha value is -2.25. The standard InChI is InChI=1S/C18H21N5OS/c19-17(24)12-7-4-8-13-16(12)23-18(22-13)14-10-25-15(21-14)9-20-11-5-2-1-3-6-11/h4,7-8,10-11,20H,1-3,5-6,9H2,(H2,19,24)(H,22,23). The number of carbonyl (C=O) groups is 1. The average molecular weight is 355 g/mol. The van der Waals surface area contributed by atoms with Crippen molar-refractivity contribution in [2.75, 3.05) is 0 Å². The van der Waals surface area contributed by atoms with Gasteiger partial charge in [-0.3, -0.25) is 4.79 Å². The number of aromatic amines is 1. The third-order valence-electron chi connectivity index (χ3n) is 4.72. The van der Waals surface area contributed by atoms with Crippen LogP contribution in [0.15, 0.2) is 23.6 Å². The van der Waals surface area contributed by atoms with Crippen molar-refractivity contribution in [1.82, 2.24) is 20.3 Å². The molecule has 3 aromatic rings. The van der Waals surface area contributed by atoms with Gasteiger partial charge in [-0.1, -0.05) is 25.3 Å². The Bertz CT molecular complexity index is 894. The minimum atomic E-state index is -0.473. The number of rotatable bonds is 5. The SMILES string of the molecule is NC(=O)c1cccc2[nH]c(-c3csc(CNC4CCCCC4)n3)nc12. The number of aromatic nitrogens is 3. The summed E-state index contributed by atoms with van der Waals surface area (Å²) in [7, 11) is 0. The van der Waals surface area contributed by atoms with Gasteiger partial charge in [0.1, 0.15) is 16.2 Å². The van der Waals surface area contributed by atoms with Crippen molar-refractivity contribution in [3.05, 3.63) is 34.2 Å². The molecule has 130 valence electrons. The topological polar surface area (TPSA) is 96.7 Å². The quantitative estimate of drug-likeness (QED) is 0.655. The number of fused-ring (bicyclic) bond motifs is 1. The number of para-hydroxylation sites is 1. The van der Waals surface area contributed by atoms with E-state index in [0.717, 1.165) is 22.8 Å². The number of hydrogen-bond acceptors (Lipinski definition) is 5. The van der Waals surface area contributed by atoms with Crippen LogP contribution >= 0.6 is 11.3 Å². The molecule has 1 fully saturated rings. The number of benzene rings is 1. The highest BCUT2D eigenvalue weighted by atomic mass is 32.1. The van der Waals surface area contributed by atoms with Gasteiger partial charge >= 0.3 is 0 Å². The minimum Gasteiger partial charge on any atom is -0.366 e. The first-order valence-corrected chi connectivity index (χ1v) is 9.55. The molecule has 25 heavy (non-hydrogen) atoms. The summed E-state index contributed by atoms with van der Waals surface area (Å²) in [5, 5.41) is 6.66. The van der Waals surface area contributed by atoms with Crippen LogP contribution < -0.4 is 11.1 Å². The molecule has 6 nitrogen and oxygen atoms in total. The molecule has 1 saturated carbocycles. The monoisotopic (exact) mass is 355 g/mol. The number of thiazole rings is 1. The summed E-state index contributed by atoms with van der Waals surface area (Å²) in [6.07, 6.45) is 6.53. The normalized spacial score (nSPS) is 15.7. The number of amides is 1. The number of primary amides is 1. The lowest BCUT2D eigenvalue weighted by molar-refractivity contribution is 0.100. The van der Waals surface area contributed by atoms with Crippen LogP contribution in [0, 0.1) is 0 Å². The predicted molar refractivity (Wildman–Crippen MR) is 99.4 cm³/mol. The van der Waals surface area contributed by atoms with E-state index in [0.29, 0.717) is 22.9 Å². The van der Waals surface area contributed by atoms with E-state index in [4.69, 9.17) is 5.73 Å². The number of imidazole rings is 1. The fourth-order valence-electron chi connectivity index (χ4n) is 3.39. The predicted octanol–water partition coefficient (Wildman–Crippen LogP) is 3.21. The molecule has 0 radical (unpaired) electrons. The van der Waals surface area contributed by atoms with Gasteiger partial charge in [-0.05, 0) is 25.0 Å². The van der Waals surface area contributed by atoms with E-state index in [1.165, 1.54) is 32.1 Å². The van der Waals surface area contributed by atoms with Gasteiger partial charge in [0.2, 0.25) is 0 Å². The van der Waals surface area contributed by atoms with Gasteiger partial charge in [0.15, 0.2) is 5.82 Å². The Balaban J connectivity index is 1.52. The molecule has 1 aliphatic carbocycles. The highest BCUT2D eigenvalue weighted by Crippen LogP contribution is 2.25. The van der Waals surface area contributed by atoms with Gasteiger partial charge in [0, 0.05) is 18.0 Å². The first-order valence-electron chi connectivity index (χ1n) is 8.67. The molecule has 0 atom stereocenters. The number of carbonyl (C=O) groups excluding carboxylic acids is 1. The molecule has 0 spiro atoms. The summed E-state index contributed by atoms with van der Waals surface area (Å²) in [5.74, 6) is 0.197. The molecule has 1 amide bonds. The number of nitrogens with zero attached hydrogens (tertiary/aromatic N) is 2. The largest absolute Gasteiger partial charge is 0.366 e. The maximum absolute atomic E-state index is 11.5. The van der Waals surface area contributed by atoms with Crippen molar-refractivity contribution in [3.63, 3.8) is 0 Å². The third-order valence-corrected chi connectivity index (χ3v) is 5.57. The molecular weight excluding hydrogens is 334 g/mol. The molecule has 2 aromatic heterocycles. The first-order chi connectivity index (χ1) is 12.2. The van der Waals surface area contributed by atoms with E-state index in [-0.39, 0.29) is 0 Å². The van der Waals surface area contributed by atoms with Gasteiger partial charge in [0.25, 0.3) is 5.91 Å². The van der Waals surface area contributed by atoms with Crippen molar-refractivity contribution >= 4 is 28.3 Å². The van der Waals surface area contributed by atoms with E-state index < -0.39 is 5.91 Å². The van der Waals surface area contributed by atoms with Crippen LogP contribution in [-0.4, -0.2) is 26.9 Å². The van der Waals surface area contributed by atoms with Crippen molar-refractivity contribution in [2.24, 2.45) is 5.73 Å². The van der Waals surface area contributed by atoms with Crippen LogP contribution in [0.1, 0.15) is 47.5 Å². The van der Waals surface area contributed by atoms with Gasteiger partial charge in [-0.15, -0.1) is 11.3 Å². The van der Waals surface area contributed by atoms with Crippen LogP contribution in [0.2, 0.25) is 0 Å². The van der Waals surface area contributed by atoms with Crippen LogP contribution in [-0.2, 0) is 6.54 Å². The number of H-pyrrole nitrogens is 1. The molecule has 7 heteroatoms. The number of hydrogen-bond donors (Lipinski definition) is 3. The maximum atomic E-state index is 11.5. The van der Waals surface area contributed by atoms with E-state index in [9.17, 15) is 4.79 Å². The Morgan fingerprint density at radius 1 is 1.28 bits per heavy atom. The summed E-state index contributed by atoms with van der Waals surface area (Å²) in [6, 6.07) is 5.99. The fraction of sp³-hybridized carbons (Fsp3) is 0.389. The maximum Gasteiger partial charge on any atom is 0.250 e. The molecule has 1 aromatic carbocycles. The second-order valence-corrected chi connectivity index (χ2v) is 7.44. The molecule has 0 saturated heterocycles. The third kappa shape index (κ3) is 3.43. The second-order valence-electron chi connectivity index (χ2n) is 6.49. The summed E-state index contributed by atoms with van der Waals surface area (Å²) >= 11 is 1.63. The highest BCUT2D eigenvalue weighted by molar-refractivity contribution is 7.09. The Kier molecular flexibility index (Phi) is 4.50. The number of nitrogens with one attached hydrogen (secondary N) is 2. The summed E-state index contributed by atoms with van der Waals surface area (Å²) in [5.41, 5.74) is 8.05. The Morgan fingerprint density at radius 3 is 2.92 bits per heavy atom. The highest BCUT2D eigenvalue weighted by Gasteiger charge is 2.16. The van der Waals surface area contributed by atoms with E-state index in [1.807, 2.05) is 11.4 Å².